The minimum absolute atomic E-state index is 0.151. The molecule has 0 unspecified atom stereocenters. The molecule has 0 aliphatic carbocycles. The van der Waals surface area contributed by atoms with Crippen LogP contribution < -0.4 is 0 Å². The van der Waals surface area contributed by atoms with Gasteiger partial charge in [0, 0.05) is 4.90 Å². The quantitative estimate of drug-likeness (QED) is 0.586. The molecule has 1 aromatic rings. The van der Waals surface area contributed by atoms with E-state index in [-0.39, 0.29) is 6.61 Å². The first kappa shape index (κ1) is 12.6. The summed E-state index contributed by atoms with van der Waals surface area (Å²) in [5, 5.41) is 9.23. The molecule has 15 heavy (non-hydrogen) atoms. The minimum atomic E-state index is 0.151. The highest BCUT2D eigenvalue weighted by Gasteiger charge is 2.02. The standard InChI is InChI=1S/C13H20OS/c1-3-4-5-8-15-13-7-6-11(2)9-12(13)10-14/h6-7,9,14H,3-5,8,10H2,1-2H3. The zero-order valence-corrected chi connectivity index (χ0v) is 10.4. The van der Waals surface area contributed by atoms with Crippen molar-refractivity contribution in [1.82, 2.24) is 0 Å². The van der Waals surface area contributed by atoms with Crippen molar-refractivity contribution in [3.63, 3.8) is 0 Å². The van der Waals surface area contributed by atoms with Crippen molar-refractivity contribution < 1.29 is 5.11 Å². The molecule has 0 aromatic heterocycles. The van der Waals surface area contributed by atoms with Crippen LogP contribution in [0.15, 0.2) is 23.1 Å². The molecule has 0 fully saturated rings. The highest BCUT2D eigenvalue weighted by Crippen LogP contribution is 2.25. The summed E-state index contributed by atoms with van der Waals surface area (Å²) < 4.78 is 0. The SMILES string of the molecule is CCCCCSc1ccc(C)cc1CO. The third-order valence-corrected chi connectivity index (χ3v) is 3.59. The number of rotatable bonds is 6. The van der Waals surface area contributed by atoms with Crippen molar-refractivity contribution in [3.05, 3.63) is 29.3 Å². The first-order chi connectivity index (χ1) is 7.27. The maximum atomic E-state index is 9.23. The van der Waals surface area contributed by atoms with Crippen LogP contribution in [0.5, 0.6) is 0 Å². The number of hydrogen-bond acceptors (Lipinski definition) is 2. The van der Waals surface area contributed by atoms with Crippen molar-refractivity contribution in [2.45, 2.75) is 44.6 Å². The fourth-order valence-electron chi connectivity index (χ4n) is 1.51. The van der Waals surface area contributed by atoms with E-state index >= 15 is 0 Å². The largest absolute Gasteiger partial charge is 0.392 e. The summed E-state index contributed by atoms with van der Waals surface area (Å²) in [4.78, 5) is 1.24. The van der Waals surface area contributed by atoms with E-state index < -0.39 is 0 Å². The summed E-state index contributed by atoms with van der Waals surface area (Å²) in [6.45, 7) is 4.43. The molecule has 0 radical (unpaired) electrons. The summed E-state index contributed by atoms with van der Waals surface area (Å²) in [5.41, 5.74) is 2.29. The maximum Gasteiger partial charge on any atom is 0.0692 e. The molecule has 0 saturated carbocycles. The zero-order valence-electron chi connectivity index (χ0n) is 9.62. The van der Waals surface area contributed by atoms with Crippen molar-refractivity contribution in [2.24, 2.45) is 0 Å². The molecule has 2 heteroatoms. The highest BCUT2D eigenvalue weighted by atomic mass is 32.2. The number of benzene rings is 1. The van der Waals surface area contributed by atoms with Crippen LogP contribution in [0.2, 0.25) is 0 Å². The molecule has 0 aliphatic heterocycles. The topological polar surface area (TPSA) is 20.2 Å². The van der Waals surface area contributed by atoms with Gasteiger partial charge in [0.25, 0.3) is 0 Å². The third-order valence-electron chi connectivity index (χ3n) is 2.39. The van der Waals surface area contributed by atoms with Crippen LogP contribution in [0, 0.1) is 6.92 Å². The molecule has 0 aliphatic rings. The van der Waals surface area contributed by atoms with Crippen LogP contribution in [0.25, 0.3) is 0 Å². The second kappa shape index (κ2) is 6.91. The van der Waals surface area contributed by atoms with Crippen LogP contribution in [0.1, 0.15) is 37.3 Å². The lowest BCUT2D eigenvalue weighted by atomic mass is 10.1. The predicted molar refractivity (Wildman–Crippen MR) is 67.4 cm³/mol. The molecular formula is C13H20OS. The first-order valence-corrected chi connectivity index (χ1v) is 6.59. The van der Waals surface area contributed by atoms with E-state index in [9.17, 15) is 5.11 Å². The lowest BCUT2D eigenvalue weighted by Gasteiger charge is -2.07. The summed E-state index contributed by atoms with van der Waals surface area (Å²) in [6, 6.07) is 6.31. The Kier molecular flexibility index (Phi) is 5.81. The Hall–Kier alpha value is -0.470. The molecule has 84 valence electrons. The molecule has 0 saturated heterocycles. The molecule has 0 spiro atoms. The minimum Gasteiger partial charge on any atom is -0.392 e. The smallest absolute Gasteiger partial charge is 0.0692 e. The number of hydrogen-bond donors (Lipinski definition) is 1. The monoisotopic (exact) mass is 224 g/mol. The van der Waals surface area contributed by atoms with Crippen LogP contribution in [0.3, 0.4) is 0 Å². The number of aryl methyl sites for hydroxylation is 1. The lowest BCUT2D eigenvalue weighted by molar-refractivity contribution is 0.279. The first-order valence-electron chi connectivity index (χ1n) is 5.61. The van der Waals surface area contributed by atoms with E-state index in [1.807, 2.05) is 11.8 Å². The second-order valence-corrected chi connectivity index (χ2v) is 4.96. The Morgan fingerprint density at radius 1 is 1.27 bits per heavy atom. The van der Waals surface area contributed by atoms with Crippen LogP contribution in [-0.2, 0) is 6.61 Å². The van der Waals surface area contributed by atoms with Crippen molar-refractivity contribution in [1.29, 1.82) is 0 Å². The van der Waals surface area contributed by atoms with Gasteiger partial charge in [0.05, 0.1) is 6.61 Å². The van der Waals surface area contributed by atoms with Gasteiger partial charge in [-0.25, -0.2) is 0 Å². The van der Waals surface area contributed by atoms with Crippen LogP contribution in [0.4, 0.5) is 0 Å². The average Bonchev–Trinajstić information content (AvgIpc) is 2.26. The van der Waals surface area contributed by atoms with Crippen LogP contribution in [-0.4, -0.2) is 10.9 Å². The molecule has 1 N–H and O–H groups in total. The average molecular weight is 224 g/mol. The van der Waals surface area contributed by atoms with E-state index in [2.05, 4.69) is 32.0 Å². The number of thioether (sulfide) groups is 1. The van der Waals surface area contributed by atoms with Crippen molar-refractivity contribution in [3.8, 4) is 0 Å². The maximum absolute atomic E-state index is 9.23. The fraction of sp³-hybridized carbons (Fsp3) is 0.538. The van der Waals surface area contributed by atoms with Gasteiger partial charge in [-0.1, -0.05) is 37.5 Å². The molecular weight excluding hydrogens is 204 g/mol. The summed E-state index contributed by atoms with van der Waals surface area (Å²) in [5.74, 6) is 1.16. The van der Waals surface area contributed by atoms with Gasteiger partial charge >= 0.3 is 0 Å². The Balaban J connectivity index is 2.52. The van der Waals surface area contributed by atoms with Gasteiger partial charge in [-0.05, 0) is 30.7 Å². The summed E-state index contributed by atoms with van der Waals surface area (Å²) in [6.07, 6.45) is 3.83. The van der Waals surface area contributed by atoms with Gasteiger partial charge in [-0.15, -0.1) is 11.8 Å². The van der Waals surface area contributed by atoms with Crippen molar-refractivity contribution >= 4 is 11.8 Å². The number of aliphatic hydroxyl groups excluding tert-OH is 1. The molecule has 1 rings (SSSR count). The molecule has 1 aromatic carbocycles. The van der Waals surface area contributed by atoms with Gasteiger partial charge in [0.1, 0.15) is 0 Å². The van der Waals surface area contributed by atoms with Gasteiger partial charge in [-0.3, -0.25) is 0 Å². The summed E-state index contributed by atoms with van der Waals surface area (Å²) >= 11 is 1.86. The molecule has 0 bridgehead atoms. The molecule has 0 amide bonds. The van der Waals surface area contributed by atoms with Crippen LogP contribution >= 0.6 is 11.8 Å². The predicted octanol–water partition coefficient (Wildman–Crippen LogP) is 3.77. The molecule has 1 nitrogen and oxygen atoms in total. The van der Waals surface area contributed by atoms with Gasteiger partial charge in [0.15, 0.2) is 0 Å². The summed E-state index contributed by atoms with van der Waals surface area (Å²) in [7, 11) is 0. The lowest BCUT2D eigenvalue weighted by Crippen LogP contribution is -1.90. The number of unbranched alkanes of at least 4 members (excludes halogenated alkanes) is 2. The Morgan fingerprint density at radius 2 is 2.07 bits per heavy atom. The van der Waals surface area contributed by atoms with E-state index in [1.165, 1.54) is 29.7 Å². The van der Waals surface area contributed by atoms with Gasteiger partial charge in [0.2, 0.25) is 0 Å². The van der Waals surface area contributed by atoms with Gasteiger partial charge < -0.3 is 5.11 Å². The van der Waals surface area contributed by atoms with E-state index in [4.69, 9.17) is 0 Å². The van der Waals surface area contributed by atoms with E-state index in [0.29, 0.717) is 0 Å². The van der Waals surface area contributed by atoms with Gasteiger partial charge in [-0.2, -0.15) is 0 Å². The molecule has 0 heterocycles. The molecule has 0 atom stereocenters. The van der Waals surface area contributed by atoms with E-state index in [0.717, 1.165) is 11.3 Å². The Morgan fingerprint density at radius 3 is 2.73 bits per heavy atom. The third kappa shape index (κ3) is 4.27. The normalized spacial score (nSPS) is 10.6. The highest BCUT2D eigenvalue weighted by molar-refractivity contribution is 7.99. The Labute approximate surface area is 96.9 Å². The Bertz CT molecular complexity index is 297. The van der Waals surface area contributed by atoms with E-state index in [1.54, 1.807) is 0 Å². The number of aliphatic hydroxyl groups is 1. The fourth-order valence-corrected chi connectivity index (χ4v) is 2.55. The van der Waals surface area contributed by atoms with Crippen molar-refractivity contribution in [2.75, 3.05) is 5.75 Å². The zero-order chi connectivity index (χ0) is 11.1. The second-order valence-electron chi connectivity index (χ2n) is 3.82.